The van der Waals surface area contributed by atoms with Crippen LogP contribution in [0.15, 0.2) is 0 Å². The number of hydrogen-bond acceptors (Lipinski definition) is 2. The molecule has 1 aliphatic carbocycles. The highest BCUT2D eigenvalue weighted by atomic mass is 15.1. The summed E-state index contributed by atoms with van der Waals surface area (Å²) in [6, 6.07) is 0.811. The zero-order valence-corrected chi connectivity index (χ0v) is 12.6. The first-order chi connectivity index (χ1) is 8.65. The molecule has 2 aliphatic rings. The Hall–Kier alpha value is -0.0800. The monoisotopic (exact) mass is 252 g/mol. The Balaban J connectivity index is 1.67. The van der Waals surface area contributed by atoms with E-state index in [-0.39, 0.29) is 0 Å². The largest absolute Gasteiger partial charge is 0.314 e. The third kappa shape index (κ3) is 4.24. The minimum atomic E-state index is 0.811. The molecule has 0 amide bonds. The number of piperidine rings is 1. The first-order valence-corrected chi connectivity index (χ1v) is 8.07. The van der Waals surface area contributed by atoms with Gasteiger partial charge in [0.15, 0.2) is 0 Å². The van der Waals surface area contributed by atoms with Gasteiger partial charge in [0.25, 0.3) is 0 Å². The number of rotatable bonds is 4. The summed E-state index contributed by atoms with van der Waals surface area (Å²) >= 11 is 0. The lowest BCUT2D eigenvalue weighted by atomic mass is 9.79. The molecule has 106 valence electrons. The maximum absolute atomic E-state index is 3.87. The molecule has 2 unspecified atom stereocenters. The summed E-state index contributed by atoms with van der Waals surface area (Å²) in [5.41, 5.74) is 0. The van der Waals surface area contributed by atoms with Gasteiger partial charge in [0, 0.05) is 6.04 Å². The van der Waals surface area contributed by atoms with Gasteiger partial charge in [-0.2, -0.15) is 0 Å². The van der Waals surface area contributed by atoms with E-state index in [0.29, 0.717) is 0 Å². The van der Waals surface area contributed by atoms with Gasteiger partial charge in [-0.1, -0.05) is 26.7 Å². The van der Waals surface area contributed by atoms with Gasteiger partial charge in [0.05, 0.1) is 0 Å². The molecular formula is C16H32N2. The van der Waals surface area contributed by atoms with Crippen LogP contribution < -0.4 is 5.32 Å². The Morgan fingerprint density at radius 1 is 1.11 bits per heavy atom. The Kier molecular flexibility index (Phi) is 5.50. The van der Waals surface area contributed by atoms with E-state index >= 15 is 0 Å². The van der Waals surface area contributed by atoms with Gasteiger partial charge < -0.3 is 10.2 Å². The van der Waals surface area contributed by atoms with Crippen molar-refractivity contribution in [3.05, 3.63) is 0 Å². The average molecular weight is 252 g/mol. The molecule has 18 heavy (non-hydrogen) atoms. The fourth-order valence-corrected chi connectivity index (χ4v) is 3.62. The molecule has 2 nitrogen and oxygen atoms in total. The maximum atomic E-state index is 3.87. The van der Waals surface area contributed by atoms with Gasteiger partial charge >= 0.3 is 0 Å². The fourth-order valence-electron chi connectivity index (χ4n) is 3.62. The van der Waals surface area contributed by atoms with Gasteiger partial charge in [-0.25, -0.2) is 0 Å². The van der Waals surface area contributed by atoms with Crippen LogP contribution >= 0.6 is 0 Å². The number of nitrogens with zero attached hydrogens (tertiary/aromatic N) is 1. The van der Waals surface area contributed by atoms with Crippen LogP contribution in [0.4, 0.5) is 0 Å². The molecule has 2 fully saturated rings. The smallest absolute Gasteiger partial charge is 0.00699 e. The lowest BCUT2D eigenvalue weighted by Gasteiger charge is -2.34. The van der Waals surface area contributed by atoms with Crippen molar-refractivity contribution in [1.82, 2.24) is 10.2 Å². The Morgan fingerprint density at radius 2 is 1.83 bits per heavy atom. The van der Waals surface area contributed by atoms with E-state index in [1.54, 1.807) is 0 Å². The second-order valence-corrected chi connectivity index (χ2v) is 7.02. The van der Waals surface area contributed by atoms with E-state index < -0.39 is 0 Å². The van der Waals surface area contributed by atoms with Crippen LogP contribution in [0.1, 0.15) is 52.4 Å². The van der Waals surface area contributed by atoms with E-state index in [1.165, 1.54) is 58.2 Å². The highest BCUT2D eigenvalue weighted by Gasteiger charge is 2.25. The molecule has 2 heteroatoms. The molecule has 0 radical (unpaired) electrons. The van der Waals surface area contributed by atoms with Crippen molar-refractivity contribution in [2.45, 2.75) is 58.4 Å². The van der Waals surface area contributed by atoms with E-state index in [0.717, 1.165) is 23.8 Å². The lowest BCUT2D eigenvalue weighted by Crippen LogP contribution is -2.41. The van der Waals surface area contributed by atoms with Crippen molar-refractivity contribution in [3.8, 4) is 0 Å². The van der Waals surface area contributed by atoms with Crippen molar-refractivity contribution in [2.75, 3.05) is 26.7 Å². The standard InChI is InChI=1S/C16H32N2/c1-13(2)15-5-4-6-16(11-15)17-12-14-7-9-18(3)10-8-14/h13-17H,4-12H2,1-3H3. The van der Waals surface area contributed by atoms with Crippen LogP contribution in [0, 0.1) is 17.8 Å². The van der Waals surface area contributed by atoms with E-state index in [4.69, 9.17) is 0 Å². The van der Waals surface area contributed by atoms with E-state index in [9.17, 15) is 0 Å². The van der Waals surface area contributed by atoms with Crippen molar-refractivity contribution in [1.29, 1.82) is 0 Å². The van der Waals surface area contributed by atoms with Gasteiger partial charge in [-0.3, -0.25) is 0 Å². The Bertz CT molecular complexity index is 231. The van der Waals surface area contributed by atoms with E-state index in [2.05, 4.69) is 31.1 Å². The summed E-state index contributed by atoms with van der Waals surface area (Å²) in [6.07, 6.45) is 8.52. The zero-order chi connectivity index (χ0) is 13.0. The number of likely N-dealkylation sites (tertiary alicyclic amines) is 1. The Morgan fingerprint density at radius 3 is 2.50 bits per heavy atom. The predicted octanol–water partition coefficient (Wildman–Crippen LogP) is 3.13. The molecule has 0 aromatic heterocycles. The SMILES string of the molecule is CC(C)C1CCCC(NCC2CCN(C)CC2)C1. The topological polar surface area (TPSA) is 15.3 Å². The summed E-state index contributed by atoms with van der Waals surface area (Å²) in [4.78, 5) is 2.46. The molecule has 0 aromatic carbocycles. The second kappa shape index (κ2) is 6.91. The molecule has 1 saturated carbocycles. The molecule has 0 aromatic rings. The average Bonchev–Trinajstić information content (AvgIpc) is 2.38. The minimum absolute atomic E-state index is 0.811. The molecule has 1 aliphatic heterocycles. The summed E-state index contributed by atoms with van der Waals surface area (Å²) in [5, 5.41) is 3.87. The molecule has 0 bridgehead atoms. The summed E-state index contributed by atoms with van der Waals surface area (Å²) in [5.74, 6) is 2.77. The quantitative estimate of drug-likeness (QED) is 0.827. The molecule has 2 rings (SSSR count). The molecule has 0 spiro atoms. The Labute approximate surface area is 114 Å². The third-order valence-electron chi connectivity index (χ3n) is 5.19. The third-order valence-corrected chi connectivity index (χ3v) is 5.19. The molecule has 1 saturated heterocycles. The fraction of sp³-hybridized carbons (Fsp3) is 1.00. The van der Waals surface area contributed by atoms with Crippen molar-refractivity contribution in [2.24, 2.45) is 17.8 Å². The first kappa shape index (κ1) is 14.3. The molecular weight excluding hydrogens is 220 g/mol. The summed E-state index contributed by atoms with van der Waals surface area (Å²) in [7, 11) is 2.25. The van der Waals surface area contributed by atoms with Crippen LogP contribution in [-0.2, 0) is 0 Å². The van der Waals surface area contributed by atoms with Crippen molar-refractivity contribution in [3.63, 3.8) is 0 Å². The molecule has 1 heterocycles. The number of nitrogens with one attached hydrogen (secondary N) is 1. The second-order valence-electron chi connectivity index (χ2n) is 7.02. The summed E-state index contributed by atoms with van der Waals surface area (Å²) < 4.78 is 0. The van der Waals surface area contributed by atoms with Gasteiger partial charge in [-0.15, -0.1) is 0 Å². The van der Waals surface area contributed by atoms with Gasteiger partial charge in [0.1, 0.15) is 0 Å². The predicted molar refractivity (Wildman–Crippen MR) is 78.8 cm³/mol. The van der Waals surface area contributed by atoms with Crippen LogP contribution in [0.2, 0.25) is 0 Å². The maximum Gasteiger partial charge on any atom is 0.00699 e. The highest BCUT2D eigenvalue weighted by Crippen LogP contribution is 2.30. The van der Waals surface area contributed by atoms with E-state index in [1.807, 2.05) is 0 Å². The zero-order valence-electron chi connectivity index (χ0n) is 12.6. The van der Waals surface area contributed by atoms with Crippen LogP contribution in [-0.4, -0.2) is 37.6 Å². The summed E-state index contributed by atoms with van der Waals surface area (Å²) in [6.45, 7) is 8.65. The molecule has 1 N–H and O–H groups in total. The van der Waals surface area contributed by atoms with Crippen LogP contribution in [0.3, 0.4) is 0 Å². The number of hydrogen-bond donors (Lipinski definition) is 1. The van der Waals surface area contributed by atoms with Crippen LogP contribution in [0.5, 0.6) is 0 Å². The van der Waals surface area contributed by atoms with Crippen molar-refractivity contribution < 1.29 is 0 Å². The van der Waals surface area contributed by atoms with Gasteiger partial charge in [-0.05, 0) is 70.1 Å². The first-order valence-electron chi connectivity index (χ1n) is 8.07. The lowest BCUT2D eigenvalue weighted by molar-refractivity contribution is 0.193. The minimum Gasteiger partial charge on any atom is -0.314 e. The highest BCUT2D eigenvalue weighted by molar-refractivity contribution is 4.81. The van der Waals surface area contributed by atoms with Gasteiger partial charge in [0.2, 0.25) is 0 Å². The molecule has 2 atom stereocenters. The van der Waals surface area contributed by atoms with Crippen LogP contribution in [0.25, 0.3) is 0 Å². The normalized spacial score (nSPS) is 32.0. The van der Waals surface area contributed by atoms with Crippen molar-refractivity contribution >= 4 is 0 Å².